The van der Waals surface area contributed by atoms with Crippen molar-refractivity contribution in [3.63, 3.8) is 0 Å². The standard InChI is InChI=1S/C20H35NO5Si/c1-7-23-27(24-8-2,25-9-3)17-13-16-21(18-14-11-10-12-15-18)19(22)26-20(4,5)6/h10-12,14-15H,7-9,13,16-17H2,1-6H3. The van der Waals surface area contributed by atoms with Crippen molar-refractivity contribution in [2.45, 2.75) is 59.6 Å². The molecule has 1 amide bonds. The first-order valence-corrected chi connectivity index (χ1v) is 11.7. The molecule has 0 fully saturated rings. The highest BCUT2D eigenvalue weighted by Crippen LogP contribution is 2.22. The third-order valence-corrected chi connectivity index (χ3v) is 6.79. The monoisotopic (exact) mass is 397 g/mol. The molecule has 27 heavy (non-hydrogen) atoms. The van der Waals surface area contributed by atoms with Crippen LogP contribution in [0.5, 0.6) is 0 Å². The van der Waals surface area contributed by atoms with E-state index in [1.807, 2.05) is 71.9 Å². The third kappa shape index (κ3) is 8.42. The Morgan fingerprint density at radius 1 is 0.963 bits per heavy atom. The minimum Gasteiger partial charge on any atom is -0.443 e. The Bertz CT molecular complexity index is 530. The summed E-state index contributed by atoms with van der Waals surface area (Å²) < 4.78 is 23.3. The lowest BCUT2D eigenvalue weighted by molar-refractivity contribution is 0.0571. The molecular formula is C20H35NO5Si. The molecule has 0 aliphatic rings. The van der Waals surface area contributed by atoms with Gasteiger partial charge in [-0.1, -0.05) is 18.2 Å². The van der Waals surface area contributed by atoms with Gasteiger partial charge in [0.2, 0.25) is 0 Å². The van der Waals surface area contributed by atoms with E-state index in [9.17, 15) is 4.79 Å². The maximum atomic E-state index is 12.7. The Morgan fingerprint density at radius 2 is 1.48 bits per heavy atom. The van der Waals surface area contributed by atoms with E-state index in [0.29, 0.717) is 38.8 Å². The van der Waals surface area contributed by atoms with Gasteiger partial charge in [-0.25, -0.2) is 4.79 Å². The second-order valence-electron chi connectivity index (χ2n) is 7.05. The maximum absolute atomic E-state index is 12.7. The lowest BCUT2D eigenvalue weighted by atomic mass is 10.2. The highest BCUT2D eigenvalue weighted by molar-refractivity contribution is 6.60. The molecule has 154 valence electrons. The Labute approximate surface area is 165 Å². The van der Waals surface area contributed by atoms with Crippen molar-refractivity contribution in [1.82, 2.24) is 0 Å². The number of para-hydroxylation sites is 1. The van der Waals surface area contributed by atoms with Gasteiger partial charge in [0.25, 0.3) is 0 Å². The molecule has 1 rings (SSSR count). The SMILES string of the molecule is CCO[Si](CCCN(C(=O)OC(C)(C)C)c1ccccc1)(OCC)OCC. The number of hydrogen-bond donors (Lipinski definition) is 0. The second kappa shape index (κ2) is 11.4. The van der Waals surface area contributed by atoms with Crippen LogP contribution < -0.4 is 4.90 Å². The Kier molecular flexibility index (Phi) is 10.0. The molecule has 0 unspecified atom stereocenters. The van der Waals surface area contributed by atoms with Crippen LogP contribution in [-0.4, -0.2) is 46.9 Å². The summed E-state index contributed by atoms with van der Waals surface area (Å²) in [6, 6.07) is 10.2. The van der Waals surface area contributed by atoms with Crippen LogP contribution in [0.3, 0.4) is 0 Å². The van der Waals surface area contributed by atoms with Gasteiger partial charge in [0.1, 0.15) is 5.60 Å². The Hall–Kier alpha value is -1.41. The number of ether oxygens (including phenoxy) is 1. The molecule has 0 atom stereocenters. The first kappa shape index (κ1) is 23.6. The highest BCUT2D eigenvalue weighted by atomic mass is 28.4. The third-order valence-electron chi connectivity index (χ3n) is 3.64. The Morgan fingerprint density at radius 3 is 1.93 bits per heavy atom. The molecule has 0 bridgehead atoms. The van der Waals surface area contributed by atoms with Crippen molar-refractivity contribution in [3.05, 3.63) is 30.3 Å². The van der Waals surface area contributed by atoms with E-state index in [1.54, 1.807) is 4.90 Å². The van der Waals surface area contributed by atoms with Gasteiger partial charge in [-0.3, -0.25) is 4.90 Å². The zero-order chi connectivity index (χ0) is 20.3. The molecule has 0 aliphatic carbocycles. The van der Waals surface area contributed by atoms with Crippen molar-refractivity contribution < 1.29 is 22.8 Å². The fourth-order valence-corrected chi connectivity index (χ4v) is 5.30. The van der Waals surface area contributed by atoms with Crippen LogP contribution in [0, 0.1) is 0 Å². The normalized spacial score (nSPS) is 12.1. The zero-order valence-corrected chi connectivity index (χ0v) is 18.6. The fourth-order valence-electron chi connectivity index (χ4n) is 2.71. The number of carbonyl (C=O) groups is 1. The van der Waals surface area contributed by atoms with E-state index in [1.165, 1.54) is 0 Å². The van der Waals surface area contributed by atoms with Gasteiger partial charge in [0.15, 0.2) is 0 Å². The molecule has 0 aliphatic heterocycles. The van der Waals surface area contributed by atoms with E-state index < -0.39 is 14.4 Å². The number of benzene rings is 1. The van der Waals surface area contributed by atoms with Crippen LogP contribution in [0.2, 0.25) is 6.04 Å². The van der Waals surface area contributed by atoms with E-state index in [2.05, 4.69) is 0 Å². The number of anilines is 1. The van der Waals surface area contributed by atoms with Crippen molar-refractivity contribution in [2.24, 2.45) is 0 Å². The van der Waals surface area contributed by atoms with Gasteiger partial charge in [-0.15, -0.1) is 0 Å². The first-order valence-electron chi connectivity index (χ1n) is 9.74. The average molecular weight is 398 g/mol. The van der Waals surface area contributed by atoms with Crippen molar-refractivity contribution in [2.75, 3.05) is 31.3 Å². The summed E-state index contributed by atoms with van der Waals surface area (Å²) in [5, 5.41) is 0. The number of nitrogens with zero attached hydrogens (tertiary/aromatic N) is 1. The Balaban J connectivity index is 2.87. The largest absolute Gasteiger partial charge is 0.500 e. The highest BCUT2D eigenvalue weighted by Gasteiger charge is 2.40. The van der Waals surface area contributed by atoms with Crippen LogP contribution in [0.4, 0.5) is 10.5 Å². The summed E-state index contributed by atoms with van der Waals surface area (Å²) in [6.07, 6.45) is 0.339. The molecule has 0 N–H and O–H groups in total. The molecule has 0 saturated heterocycles. The average Bonchev–Trinajstić information content (AvgIpc) is 2.58. The van der Waals surface area contributed by atoms with E-state index in [0.717, 1.165) is 5.69 Å². The molecular weight excluding hydrogens is 362 g/mol. The quantitative estimate of drug-likeness (QED) is 0.499. The molecule has 0 aromatic heterocycles. The number of amides is 1. The van der Waals surface area contributed by atoms with Gasteiger partial charge in [0.05, 0.1) is 0 Å². The molecule has 1 aromatic rings. The summed E-state index contributed by atoms with van der Waals surface area (Å²) in [6.45, 7) is 13.6. The molecule has 0 saturated carbocycles. The van der Waals surface area contributed by atoms with Gasteiger partial charge in [-0.05, 0) is 60.1 Å². The molecule has 0 spiro atoms. The van der Waals surface area contributed by atoms with Gasteiger partial charge in [0, 0.05) is 38.1 Å². The lowest BCUT2D eigenvalue weighted by Gasteiger charge is -2.30. The minimum atomic E-state index is -2.72. The molecule has 6 nitrogen and oxygen atoms in total. The molecule has 1 aromatic carbocycles. The first-order chi connectivity index (χ1) is 12.8. The fraction of sp³-hybridized carbons (Fsp3) is 0.650. The van der Waals surface area contributed by atoms with Crippen LogP contribution in [0.1, 0.15) is 48.0 Å². The number of rotatable bonds is 11. The van der Waals surface area contributed by atoms with E-state index >= 15 is 0 Å². The van der Waals surface area contributed by atoms with Gasteiger partial charge < -0.3 is 18.0 Å². The van der Waals surface area contributed by atoms with Gasteiger partial charge >= 0.3 is 14.9 Å². The number of hydrogen-bond acceptors (Lipinski definition) is 5. The summed E-state index contributed by atoms with van der Waals surface area (Å²) in [4.78, 5) is 14.4. The topological polar surface area (TPSA) is 57.2 Å². The van der Waals surface area contributed by atoms with Crippen LogP contribution in [0.15, 0.2) is 30.3 Å². The summed E-state index contributed by atoms with van der Waals surface area (Å²) in [5.41, 5.74) is 0.258. The summed E-state index contributed by atoms with van der Waals surface area (Å²) >= 11 is 0. The van der Waals surface area contributed by atoms with Crippen LogP contribution in [0.25, 0.3) is 0 Å². The summed E-state index contributed by atoms with van der Waals surface area (Å²) in [5.74, 6) is 0. The predicted octanol–water partition coefficient (Wildman–Crippen LogP) is 4.87. The van der Waals surface area contributed by atoms with Crippen LogP contribution in [-0.2, 0) is 18.0 Å². The van der Waals surface area contributed by atoms with Crippen molar-refractivity contribution in [3.8, 4) is 0 Å². The molecule has 7 heteroatoms. The zero-order valence-electron chi connectivity index (χ0n) is 17.6. The van der Waals surface area contributed by atoms with E-state index in [-0.39, 0.29) is 6.09 Å². The smallest absolute Gasteiger partial charge is 0.443 e. The molecule has 0 heterocycles. The van der Waals surface area contributed by atoms with Gasteiger partial charge in [-0.2, -0.15) is 0 Å². The second-order valence-corrected chi connectivity index (χ2v) is 9.79. The summed E-state index contributed by atoms with van der Waals surface area (Å²) in [7, 11) is -2.72. The minimum absolute atomic E-state index is 0.356. The van der Waals surface area contributed by atoms with Crippen molar-refractivity contribution in [1.29, 1.82) is 0 Å². The van der Waals surface area contributed by atoms with Crippen LogP contribution >= 0.6 is 0 Å². The van der Waals surface area contributed by atoms with Crippen molar-refractivity contribution >= 4 is 20.6 Å². The van der Waals surface area contributed by atoms with E-state index in [4.69, 9.17) is 18.0 Å². The molecule has 0 radical (unpaired) electrons. The predicted molar refractivity (Wildman–Crippen MR) is 110 cm³/mol. The lowest BCUT2D eigenvalue weighted by Crippen LogP contribution is -2.47. The maximum Gasteiger partial charge on any atom is 0.500 e. The number of carbonyl (C=O) groups excluding carboxylic acids is 1.